The quantitative estimate of drug-likeness (QED) is 0.127. The van der Waals surface area contributed by atoms with Crippen molar-refractivity contribution < 1.29 is 33.7 Å². The molecular weight excluding hydrogens is 454 g/mol. The minimum absolute atomic E-state index is 0.0350. The standard InChI is InChI=1S/C25H33N3O7/c1-5-16-13-19(21(14-20(16)32-6-2)35-15-22(29)33-7-3)23(25(30)34-8-4)27-18-11-9-17(10-12-18)24(26)28-31/h9-14,23,27,31H,5-8,15H2,1-4H3,(H2,26,28). The van der Waals surface area contributed by atoms with Gasteiger partial charge in [0.25, 0.3) is 0 Å². The number of anilines is 1. The van der Waals surface area contributed by atoms with Gasteiger partial charge in [-0.05, 0) is 63.1 Å². The highest BCUT2D eigenvalue weighted by molar-refractivity contribution is 5.97. The van der Waals surface area contributed by atoms with Crippen molar-refractivity contribution in [2.75, 3.05) is 31.7 Å². The molecule has 35 heavy (non-hydrogen) atoms. The number of carbonyl (C=O) groups excluding carboxylic acids is 2. The van der Waals surface area contributed by atoms with Gasteiger partial charge in [0.05, 0.1) is 19.8 Å². The van der Waals surface area contributed by atoms with Crippen LogP contribution in [-0.4, -0.2) is 49.4 Å². The fourth-order valence-electron chi connectivity index (χ4n) is 3.33. The van der Waals surface area contributed by atoms with Crippen molar-refractivity contribution in [1.29, 1.82) is 0 Å². The number of aryl methyl sites for hydroxylation is 1. The summed E-state index contributed by atoms with van der Waals surface area (Å²) in [4.78, 5) is 25.0. The van der Waals surface area contributed by atoms with Gasteiger partial charge in [-0.25, -0.2) is 9.59 Å². The maximum atomic E-state index is 13.0. The van der Waals surface area contributed by atoms with Crippen LogP contribution in [0.5, 0.6) is 11.5 Å². The second-order valence-electron chi connectivity index (χ2n) is 7.27. The largest absolute Gasteiger partial charge is 0.493 e. The number of carbonyl (C=O) groups is 2. The molecule has 4 N–H and O–H groups in total. The smallest absolute Gasteiger partial charge is 0.344 e. The first kappa shape index (κ1) is 27.3. The Morgan fingerprint density at radius 3 is 2.23 bits per heavy atom. The number of nitrogens with zero attached hydrogens (tertiary/aromatic N) is 1. The number of hydrogen-bond donors (Lipinski definition) is 3. The first-order chi connectivity index (χ1) is 16.9. The summed E-state index contributed by atoms with van der Waals surface area (Å²) in [6.45, 7) is 7.77. The van der Waals surface area contributed by atoms with E-state index in [0.29, 0.717) is 35.6 Å². The van der Waals surface area contributed by atoms with Crippen molar-refractivity contribution in [2.24, 2.45) is 10.9 Å². The van der Waals surface area contributed by atoms with E-state index in [1.807, 2.05) is 19.9 Å². The van der Waals surface area contributed by atoms with E-state index in [-0.39, 0.29) is 31.4 Å². The molecule has 1 unspecified atom stereocenters. The molecule has 2 rings (SSSR count). The van der Waals surface area contributed by atoms with Crippen LogP contribution >= 0.6 is 0 Å². The van der Waals surface area contributed by atoms with Crippen LogP contribution in [0.1, 0.15) is 50.4 Å². The van der Waals surface area contributed by atoms with Gasteiger partial charge in [0.15, 0.2) is 18.5 Å². The Labute approximate surface area is 205 Å². The summed E-state index contributed by atoms with van der Waals surface area (Å²) >= 11 is 0. The number of rotatable bonds is 13. The highest BCUT2D eigenvalue weighted by atomic mass is 16.6. The molecule has 0 aromatic heterocycles. The van der Waals surface area contributed by atoms with Crippen LogP contribution in [0.25, 0.3) is 0 Å². The molecule has 0 fully saturated rings. The van der Waals surface area contributed by atoms with E-state index in [2.05, 4.69) is 10.5 Å². The van der Waals surface area contributed by atoms with Gasteiger partial charge in [-0.2, -0.15) is 0 Å². The summed E-state index contributed by atoms with van der Waals surface area (Å²) in [5.74, 6) is -0.205. The van der Waals surface area contributed by atoms with Crippen LogP contribution < -0.4 is 20.5 Å². The molecule has 0 bridgehead atoms. The van der Waals surface area contributed by atoms with Crippen LogP contribution in [0.15, 0.2) is 41.6 Å². The van der Waals surface area contributed by atoms with Crippen LogP contribution in [0, 0.1) is 0 Å². The second-order valence-corrected chi connectivity index (χ2v) is 7.27. The highest BCUT2D eigenvalue weighted by Crippen LogP contribution is 2.36. The topological polar surface area (TPSA) is 142 Å². The Kier molecular flexibility index (Phi) is 10.7. The summed E-state index contributed by atoms with van der Waals surface area (Å²) in [5, 5.41) is 15.0. The second kappa shape index (κ2) is 13.7. The van der Waals surface area contributed by atoms with Crippen molar-refractivity contribution in [3.63, 3.8) is 0 Å². The molecular formula is C25H33N3O7. The number of amidine groups is 1. The SMILES string of the molecule is CCOC(=O)COc1cc(OCC)c(CC)cc1C(Nc1ccc(/C(N)=N/O)cc1)C(=O)OCC. The van der Waals surface area contributed by atoms with Gasteiger partial charge in [-0.3, -0.25) is 0 Å². The maximum Gasteiger partial charge on any atom is 0.344 e. The van der Waals surface area contributed by atoms with Gasteiger partial charge < -0.3 is 35.2 Å². The van der Waals surface area contributed by atoms with Crippen molar-refractivity contribution >= 4 is 23.5 Å². The first-order valence-electron chi connectivity index (χ1n) is 11.5. The highest BCUT2D eigenvalue weighted by Gasteiger charge is 2.28. The van der Waals surface area contributed by atoms with E-state index in [9.17, 15) is 9.59 Å². The zero-order valence-electron chi connectivity index (χ0n) is 20.5. The number of oxime groups is 1. The zero-order chi connectivity index (χ0) is 25.8. The predicted molar refractivity (Wildman–Crippen MR) is 131 cm³/mol. The molecule has 2 aromatic carbocycles. The summed E-state index contributed by atoms with van der Waals surface area (Å²) < 4.78 is 21.8. The Hall–Kier alpha value is -3.95. The number of nitrogens with one attached hydrogen (secondary N) is 1. The van der Waals surface area contributed by atoms with Crippen LogP contribution in [0.2, 0.25) is 0 Å². The molecule has 1 atom stereocenters. The lowest BCUT2D eigenvalue weighted by Crippen LogP contribution is -2.25. The summed E-state index contributed by atoms with van der Waals surface area (Å²) in [7, 11) is 0. The Morgan fingerprint density at radius 1 is 0.971 bits per heavy atom. The Bertz CT molecular complexity index is 1020. The number of hydrogen-bond acceptors (Lipinski definition) is 9. The van der Waals surface area contributed by atoms with Gasteiger partial charge in [0.2, 0.25) is 0 Å². The van der Waals surface area contributed by atoms with Crippen molar-refractivity contribution in [2.45, 2.75) is 40.2 Å². The zero-order valence-corrected chi connectivity index (χ0v) is 20.5. The first-order valence-corrected chi connectivity index (χ1v) is 11.5. The van der Waals surface area contributed by atoms with Crippen molar-refractivity contribution in [3.8, 4) is 11.5 Å². The number of benzene rings is 2. The molecule has 10 nitrogen and oxygen atoms in total. The lowest BCUT2D eigenvalue weighted by atomic mass is 9.99. The van der Waals surface area contributed by atoms with Crippen molar-refractivity contribution in [1.82, 2.24) is 0 Å². The van der Waals surface area contributed by atoms with Gasteiger partial charge in [0.1, 0.15) is 11.5 Å². The average molecular weight is 488 g/mol. The average Bonchev–Trinajstić information content (AvgIpc) is 2.86. The van der Waals surface area contributed by atoms with Gasteiger partial charge in [-0.15, -0.1) is 0 Å². The summed E-state index contributed by atoms with van der Waals surface area (Å²) in [5.41, 5.74) is 8.07. The third-order valence-electron chi connectivity index (χ3n) is 4.96. The fraction of sp³-hybridized carbons (Fsp3) is 0.400. The van der Waals surface area contributed by atoms with E-state index >= 15 is 0 Å². The molecule has 0 aliphatic heterocycles. The Balaban J connectivity index is 2.52. The van der Waals surface area contributed by atoms with E-state index < -0.39 is 18.0 Å². The van der Waals surface area contributed by atoms with E-state index in [0.717, 1.165) is 5.56 Å². The molecule has 2 aromatic rings. The maximum absolute atomic E-state index is 13.0. The van der Waals surface area contributed by atoms with Gasteiger partial charge >= 0.3 is 11.9 Å². The third kappa shape index (κ3) is 7.53. The monoisotopic (exact) mass is 487 g/mol. The normalized spacial score (nSPS) is 11.9. The Morgan fingerprint density at radius 2 is 1.66 bits per heavy atom. The molecule has 0 saturated carbocycles. The molecule has 0 spiro atoms. The molecule has 0 saturated heterocycles. The number of nitrogens with two attached hydrogens (primary N) is 1. The molecule has 0 aliphatic carbocycles. The van der Waals surface area contributed by atoms with Crippen LogP contribution in [0.4, 0.5) is 5.69 Å². The summed E-state index contributed by atoms with van der Waals surface area (Å²) in [6.07, 6.45) is 0.643. The summed E-state index contributed by atoms with van der Waals surface area (Å²) in [6, 6.07) is 9.20. The number of ether oxygens (including phenoxy) is 4. The number of esters is 2. The molecule has 0 heterocycles. The lowest BCUT2D eigenvalue weighted by molar-refractivity contribution is -0.145. The molecule has 0 amide bonds. The van der Waals surface area contributed by atoms with Crippen LogP contribution in [-0.2, 0) is 25.5 Å². The van der Waals surface area contributed by atoms with Crippen LogP contribution in [0.3, 0.4) is 0 Å². The molecule has 0 aliphatic rings. The lowest BCUT2D eigenvalue weighted by Gasteiger charge is -2.23. The van der Waals surface area contributed by atoms with Gasteiger partial charge in [-0.1, -0.05) is 12.1 Å². The fourth-order valence-corrected chi connectivity index (χ4v) is 3.33. The predicted octanol–water partition coefficient (Wildman–Crippen LogP) is 3.40. The van der Waals surface area contributed by atoms with E-state index in [1.54, 1.807) is 44.2 Å². The minimum atomic E-state index is -0.956. The van der Waals surface area contributed by atoms with Crippen molar-refractivity contribution in [3.05, 3.63) is 53.1 Å². The van der Waals surface area contributed by atoms with Gasteiger partial charge in [0, 0.05) is 22.9 Å². The molecule has 0 radical (unpaired) electrons. The van der Waals surface area contributed by atoms with E-state index in [1.165, 1.54) is 0 Å². The molecule has 190 valence electrons. The van der Waals surface area contributed by atoms with E-state index in [4.69, 9.17) is 29.9 Å². The third-order valence-corrected chi connectivity index (χ3v) is 4.96. The minimum Gasteiger partial charge on any atom is -0.493 e. The molecule has 10 heteroatoms.